The molecule has 0 aromatic rings. The Morgan fingerprint density at radius 2 is 2.27 bits per heavy atom. The maximum absolute atomic E-state index is 5.85. The molecule has 3 atom stereocenters. The van der Waals surface area contributed by atoms with Crippen molar-refractivity contribution in [3.63, 3.8) is 0 Å². The average Bonchev–Trinajstić information content (AvgIpc) is 2.31. The van der Waals surface area contributed by atoms with Crippen LogP contribution in [-0.2, 0) is 0 Å². The Hall–Kier alpha value is -0.520. The summed E-state index contributed by atoms with van der Waals surface area (Å²) in [4.78, 5) is 2.44. The molecule has 0 aromatic carbocycles. The van der Waals surface area contributed by atoms with E-state index < -0.39 is 0 Å². The molecular formula is C13H24N2. The fourth-order valence-corrected chi connectivity index (χ4v) is 2.61. The summed E-state index contributed by atoms with van der Waals surface area (Å²) in [5.74, 6) is 3.74. The van der Waals surface area contributed by atoms with Crippen LogP contribution in [0.2, 0.25) is 0 Å². The molecule has 0 aliphatic carbocycles. The molecule has 2 heteroatoms. The van der Waals surface area contributed by atoms with Crippen molar-refractivity contribution in [1.29, 1.82) is 0 Å². The molecule has 15 heavy (non-hydrogen) atoms. The summed E-state index contributed by atoms with van der Waals surface area (Å²) >= 11 is 0. The quantitative estimate of drug-likeness (QED) is 0.714. The zero-order valence-electron chi connectivity index (χ0n) is 10.1. The highest BCUT2D eigenvalue weighted by molar-refractivity contribution is 5.02. The summed E-state index contributed by atoms with van der Waals surface area (Å²) in [6.07, 6.45) is 10.4. The van der Waals surface area contributed by atoms with E-state index in [1.54, 1.807) is 0 Å². The van der Waals surface area contributed by atoms with E-state index >= 15 is 0 Å². The molecule has 0 amide bonds. The predicted octanol–water partition coefficient (Wildman–Crippen LogP) is 1.85. The van der Waals surface area contributed by atoms with Crippen molar-refractivity contribution in [2.24, 2.45) is 11.7 Å². The first kappa shape index (κ1) is 12.5. The highest BCUT2D eigenvalue weighted by atomic mass is 15.2. The van der Waals surface area contributed by atoms with Gasteiger partial charge in [-0.15, -0.1) is 6.42 Å². The average molecular weight is 208 g/mol. The van der Waals surface area contributed by atoms with Gasteiger partial charge >= 0.3 is 0 Å². The van der Waals surface area contributed by atoms with Crippen LogP contribution < -0.4 is 5.73 Å². The molecule has 2 nitrogen and oxygen atoms in total. The number of rotatable bonds is 4. The van der Waals surface area contributed by atoms with Crippen molar-refractivity contribution >= 4 is 0 Å². The van der Waals surface area contributed by atoms with Gasteiger partial charge in [-0.25, -0.2) is 0 Å². The van der Waals surface area contributed by atoms with E-state index in [4.69, 9.17) is 12.2 Å². The van der Waals surface area contributed by atoms with Crippen LogP contribution in [0.3, 0.4) is 0 Å². The minimum absolute atomic E-state index is 0.288. The zero-order valence-corrected chi connectivity index (χ0v) is 10.1. The molecule has 1 fully saturated rings. The molecule has 2 N–H and O–H groups in total. The van der Waals surface area contributed by atoms with Crippen LogP contribution in [0.25, 0.3) is 0 Å². The first-order chi connectivity index (χ1) is 7.26. The molecule has 3 unspecified atom stereocenters. The lowest BCUT2D eigenvalue weighted by Gasteiger charge is -2.41. The second-order valence-corrected chi connectivity index (χ2v) is 4.52. The molecule has 0 bridgehead atoms. The van der Waals surface area contributed by atoms with Gasteiger partial charge in [0.1, 0.15) is 0 Å². The molecule has 0 spiro atoms. The van der Waals surface area contributed by atoms with Gasteiger partial charge in [-0.3, -0.25) is 4.90 Å². The number of hydrogen-bond acceptors (Lipinski definition) is 2. The molecule has 0 radical (unpaired) electrons. The van der Waals surface area contributed by atoms with Crippen LogP contribution in [-0.4, -0.2) is 30.1 Å². The predicted molar refractivity (Wildman–Crippen MR) is 65.5 cm³/mol. The van der Waals surface area contributed by atoms with Crippen LogP contribution in [0.1, 0.15) is 39.5 Å². The summed E-state index contributed by atoms with van der Waals surface area (Å²) in [7, 11) is 0. The Labute approximate surface area is 94.2 Å². The molecule has 1 aliphatic heterocycles. The number of hydrogen-bond donors (Lipinski definition) is 1. The van der Waals surface area contributed by atoms with Gasteiger partial charge in [-0.2, -0.15) is 0 Å². The molecule has 0 aromatic heterocycles. The van der Waals surface area contributed by atoms with Crippen molar-refractivity contribution in [3.8, 4) is 12.3 Å². The Morgan fingerprint density at radius 1 is 1.53 bits per heavy atom. The molecule has 1 rings (SSSR count). The Kier molecular flexibility index (Phi) is 5.14. The minimum Gasteiger partial charge on any atom is -0.329 e. The van der Waals surface area contributed by atoms with E-state index in [0.717, 1.165) is 25.4 Å². The summed E-state index contributed by atoms with van der Waals surface area (Å²) < 4.78 is 0. The number of likely N-dealkylation sites (tertiary alicyclic amines) is 1. The molecule has 1 aliphatic rings. The standard InChI is InChI=1S/C13H24N2/c1-4-11-7-8-15(12(5-2)6-3)13(9-11)10-14/h2,11-13H,4,6-10,14H2,1,3H3. The van der Waals surface area contributed by atoms with E-state index in [1.807, 2.05) is 0 Å². The number of piperidine rings is 1. The van der Waals surface area contributed by atoms with Crippen molar-refractivity contribution < 1.29 is 0 Å². The summed E-state index contributed by atoms with van der Waals surface area (Å²) in [6.45, 7) is 6.30. The Bertz CT molecular complexity index is 219. The molecule has 1 heterocycles. The third-order valence-electron chi connectivity index (χ3n) is 3.70. The van der Waals surface area contributed by atoms with Crippen molar-refractivity contribution in [1.82, 2.24) is 4.90 Å². The first-order valence-corrected chi connectivity index (χ1v) is 6.18. The van der Waals surface area contributed by atoms with Gasteiger partial charge in [0, 0.05) is 12.6 Å². The van der Waals surface area contributed by atoms with E-state index in [-0.39, 0.29) is 6.04 Å². The smallest absolute Gasteiger partial charge is 0.0712 e. The van der Waals surface area contributed by atoms with Gasteiger partial charge in [0.25, 0.3) is 0 Å². The van der Waals surface area contributed by atoms with E-state index in [1.165, 1.54) is 19.3 Å². The third-order valence-corrected chi connectivity index (χ3v) is 3.70. The lowest BCUT2D eigenvalue weighted by Crippen LogP contribution is -2.50. The normalized spacial score (nSPS) is 29.7. The Balaban J connectivity index is 2.62. The van der Waals surface area contributed by atoms with Gasteiger partial charge in [-0.05, 0) is 31.7 Å². The van der Waals surface area contributed by atoms with Crippen LogP contribution in [0, 0.1) is 18.3 Å². The maximum atomic E-state index is 5.85. The number of nitrogens with two attached hydrogens (primary N) is 1. The lowest BCUT2D eigenvalue weighted by molar-refractivity contribution is 0.0905. The fraction of sp³-hybridized carbons (Fsp3) is 0.846. The van der Waals surface area contributed by atoms with Gasteiger partial charge < -0.3 is 5.73 Å². The van der Waals surface area contributed by atoms with Gasteiger partial charge in [0.05, 0.1) is 6.04 Å². The van der Waals surface area contributed by atoms with Crippen LogP contribution in [0.15, 0.2) is 0 Å². The van der Waals surface area contributed by atoms with Crippen molar-refractivity contribution in [2.75, 3.05) is 13.1 Å². The fourth-order valence-electron chi connectivity index (χ4n) is 2.61. The van der Waals surface area contributed by atoms with Gasteiger partial charge in [-0.1, -0.05) is 26.2 Å². The minimum atomic E-state index is 0.288. The number of terminal acetylenes is 1. The summed E-state index contributed by atoms with van der Waals surface area (Å²) in [5.41, 5.74) is 5.85. The topological polar surface area (TPSA) is 29.3 Å². The van der Waals surface area contributed by atoms with E-state index in [2.05, 4.69) is 24.7 Å². The zero-order chi connectivity index (χ0) is 11.3. The van der Waals surface area contributed by atoms with Crippen LogP contribution in [0.4, 0.5) is 0 Å². The van der Waals surface area contributed by atoms with Crippen molar-refractivity contribution in [3.05, 3.63) is 0 Å². The highest BCUT2D eigenvalue weighted by Crippen LogP contribution is 2.26. The first-order valence-electron chi connectivity index (χ1n) is 6.18. The SMILES string of the molecule is C#CC(CC)N1CCC(CC)CC1CN. The van der Waals surface area contributed by atoms with Gasteiger partial charge in [0.2, 0.25) is 0 Å². The molecule has 1 saturated heterocycles. The lowest BCUT2D eigenvalue weighted by atomic mass is 9.87. The highest BCUT2D eigenvalue weighted by Gasteiger charge is 2.29. The largest absolute Gasteiger partial charge is 0.329 e. The maximum Gasteiger partial charge on any atom is 0.0712 e. The van der Waals surface area contributed by atoms with E-state index in [9.17, 15) is 0 Å². The second kappa shape index (κ2) is 6.15. The molecular weight excluding hydrogens is 184 g/mol. The van der Waals surface area contributed by atoms with Crippen molar-refractivity contribution in [2.45, 2.75) is 51.6 Å². The summed E-state index contributed by atoms with van der Waals surface area (Å²) in [6, 6.07) is 0.793. The van der Waals surface area contributed by atoms with Gasteiger partial charge in [0.15, 0.2) is 0 Å². The van der Waals surface area contributed by atoms with E-state index in [0.29, 0.717) is 6.04 Å². The Morgan fingerprint density at radius 3 is 2.73 bits per heavy atom. The summed E-state index contributed by atoms with van der Waals surface area (Å²) in [5, 5.41) is 0. The number of nitrogens with zero attached hydrogens (tertiary/aromatic N) is 1. The van der Waals surface area contributed by atoms with Crippen LogP contribution in [0.5, 0.6) is 0 Å². The van der Waals surface area contributed by atoms with Crippen LogP contribution >= 0.6 is 0 Å². The second-order valence-electron chi connectivity index (χ2n) is 4.52. The molecule has 0 saturated carbocycles. The monoisotopic (exact) mass is 208 g/mol. The molecule has 86 valence electrons. The third kappa shape index (κ3) is 2.96.